The van der Waals surface area contributed by atoms with Gasteiger partial charge in [0.1, 0.15) is 18.7 Å². The number of nitrogens with zero attached hydrogens (tertiary/aromatic N) is 4. The lowest BCUT2D eigenvalue weighted by molar-refractivity contribution is 0.757. The molecule has 0 aromatic carbocycles. The van der Waals surface area contributed by atoms with Crippen LogP contribution in [0.25, 0.3) is 0 Å². The van der Waals surface area contributed by atoms with E-state index in [0.29, 0.717) is 18.9 Å². The molecule has 0 saturated carbocycles. The maximum atomic E-state index is 5.59. The molecule has 0 fully saturated rings. The topological polar surface area (TPSA) is 76.5 Å². The summed E-state index contributed by atoms with van der Waals surface area (Å²) in [5.74, 6) is 0.522. The van der Waals surface area contributed by atoms with Gasteiger partial charge in [-0.3, -0.25) is 0 Å². The monoisotopic (exact) mass is 149 g/mol. The first-order valence-corrected chi connectivity index (χ1v) is 3.29. The highest BCUT2D eigenvalue weighted by atomic mass is 15.1. The number of hydrogen-bond acceptors (Lipinski definition) is 5. The van der Waals surface area contributed by atoms with E-state index in [1.54, 1.807) is 0 Å². The number of fused-ring (bicyclic) bond motifs is 1. The Kier molecular flexibility index (Phi) is 1.28. The zero-order valence-electron chi connectivity index (χ0n) is 5.86. The number of rotatable bonds is 0. The third-order valence-electron chi connectivity index (χ3n) is 1.62. The molecule has 0 spiro atoms. The molecule has 1 aliphatic heterocycles. The maximum absolute atomic E-state index is 5.59. The first-order valence-electron chi connectivity index (χ1n) is 3.29. The standard InChI is InChI=1S/C6H7N5/c7-6-4-1-10-11-2-5(4)8-3-9-6/h3H,1-2H2,(H2,7,8,9). The molecule has 0 aliphatic carbocycles. The van der Waals surface area contributed by atoms with Gasteiger partial charge in [0.25, 0.3) is 0 Å². The van der Waals surface area contributed by atoms with Crippen LogP contribution in [0.4, 0.5) is 5.82 Å². The fourth-order valence-electron chi connectivity index (χ4n) is 1.01. The molecular formula is C6H7N5. The van der Waals surface area contributed by atoms with Crippen molar-refractivity contribution in [3.05, 3.63) is 17.6 Å². The summed E-state index contributed by atoms with van der Waals surface area (Å²) in [6.45, 7) is 1.05. The van der Waals surface area contributed by atoms with Gasteiger partial charge in [0.2, 0.25) is 0 Å². The van der Waals surface area contributed by atoms with Crippen LogP contribution >= 0.6 is 0 Å². The van der Waals surface area contributed by atoms with Crippen LogP contribution in [-0.4, -0.2) is 9.97 Å². The minimum atomic E-state index is 0.516. The maximum Gasteiger partial charge on any atom is 0.132 e. The highest BCUT2D eigenvalue weighted by Gasteiger charge is 2.10. The van der Waals surface area contributed by atoms with Crippen LogP contribution in [0.3, 0.4) is 0 Å². The van der Waals surface area contributed by atoms with Crippen LogP contribution in [-0.2, 0) is 13.1 Å². The summed E-state index contributed by atoms with van der Waals surface area (Å²) in [6, 6.07) is 0. The molecule has 2 heterocycles. The van der Waals surface area contributed by atoms with E-state index in [0.717, 1.165) is 11.3 Å². The van der Waals surface area contributed by atoms with E-state index in [9.17, 15) is 0 Å². The van der Waals surface area contributed by atoms with Gasteiger partial charge in [0.15, 0.2) is 0 Å². The van der Waals surface area contributed by atoms with E-state index in [1.165, 1.54) is 6.33 Å². The summed E-state index contributed by atoms with van der Waals surface area (Å²) in [4.78, 5) is 7.89. The number of nitrogen functional groups attached to an aromatic ring is 1. The minimum absolute atomic E-state index is 0.516. The summed E-state index contributed by atoms with van der Waals surface area (Å²) in [5.41, 5.74) is 7.40. The van der Waals surface area contributed by atoms with Crippen molar-refractivity contribution in [2.24, 2.45) is 10.2 Å². The third-order valence-corrected chi connectivity index (χ3v) is 1.62. The average Bonchev–Trinajstić information content (AvgIpc) is 2.06. The molecule has 0 atom stereocenters. The van der Waals surface area contributed by atoms with Gasteiger partial charge in [-0.1, -0.05) is 0 Å². The Bertz CT molecular complexity index is 306. The molecule has 1 aromatic rings. The zero-order valence-corrected chi connectivity index (χ0v) is 5.86. The summed E-state index contributed by atoms with van der Waals surface area (Å²) < 4.78 is 0. The predicted molar refractivity (Wildman–Crippen MR) is 38.7 cm³/mol. The van der Waals surface area contributed by atoms with Crippen molar-refractivity contribution < 1.29 is 0 Å². The number of anilines is 1. The first-order chi connectivity index (χ1) is 5.38. The SMILES string of the molecule is Nc1ncnc2c1CN=NC2. The van der Waals surface area contributed by atoms with Crippen molar-refractivity contribution in [1.82, 2.24) is 9.97 Å². The minimum Gasteiger partial charge on any atom is -0.383 e. The smallest absolute Gasteiger partial charge is 0.132 e. The Labute approximate surface area is 63.4 Å². The summed E-state index contributed by atoms with van der Waals surface area (Å²) in [7, 11) is 0. The van der Waals surface area contributed by atoms with Crippen molar-refractivity contribution in [3.63, 3.8) is 0 Å². The van der Waals surface area contributed by atoms with Crippen molar-refractivity contribution in [1.29, 1.82) is 0 Å². The molecule has 0 radical (unpaired) electrons. The van der Waals surface area contributed by atoms with Gasteiger partial charge in [0.05, 0.1) is 12.2 Å². The lowest BCUT2D eigenvalue weighted by Crippen LogP contribution is -2.06. The molecule has 5 nitrogen and oxygen atoms in total. The second-order valence-electron chi connectivity index (χ2n) is 2.28. The normalized spacial score (nSPS) is 14.5. The lowest BCUT2D eigenvalue weighted by atomic mass is 10.2. The Hall–Kier alpha value is -1.52. The van der Waals surface area contributed by atoms with Crippen molar-refractivity contribution in [2.75, 3.05) is 5.73 Å². The van der Waals surface area contributed by atoms with Crippen molar-refractivity contribution in [3.8, 4) is 0 Å². The molecule has 56 valence electrons. The van der Waals surface area contributed by atoms with Gasteiger partial charge < -0.3 is 5.73 Å². The Morgan fingerprint density at radius 3 is 2.82 bits per heavy atom. The zero-order chi connectivity index (χ0) is 7.68. The van der Waals surface area contributed by atoms with Gasteiger partial charge in [0, 0.05) is 5.56 Å². The number of aromatic nitrogens is 2. The Balaban J connectivity index is 2.54. The third kappa shape index (κ3) is 0.938. The molecule has 0 unspecified atom stereocenters. The highest BCUT2D eigenvalue weighted by molar-refractivity contribution is 5.41. The summed E-state index contributed by atoms with van der Waals surface area (Å²) in [6.07, 6.45) is 1.45. The van der Waals surface area contributed by atoms with E-state index in [1.807, 2.05) is 0 Å². The average molecular weight is 149 g/mol. The largest absolute Gasteiger partial charge is 0.383 e. The van der Waals surface area contributed by atoms with Crippen molar-refractivity contribution >= 4 is 5.82 Å². The van der Waals surface area contributed by atoms with Crippen LogP contribution in [0.5, 0.6) is 0 Å². The second kappa shape index (κ2) is 2.26. The van der Waals surface area contributed by atoms with Crippen LogP contribution < -0.4 is 5.73 Å². The Morgan fingerprint density at radius 2 is 2.00 bits per heavy atom. The summed E-state index contributed by atoms with van der Waals surface area (Å²) >= 11 is 0. The first kappa shape index (κ1) is 6.21. The van der Waals surface area contributed by atoms with E-state index >= 15 is 0 Å². The number of nitrogens with two attached hydrogens (primary N) is 1. The molecule has 0 amide bonds. The van der Waals surface area contributed by atoms with Crippen molar-refractivity contribution in [2.45, 2.75) is 13.1 Å². The van der Waals surface area contributed by atoms with Gasteiger partial charge in [-0.05, 0) is 0 Å². The molecule has 0 saturated heterocycles. The molecule has 0 bridgehead atoms. The van der Waals surface area contributed by atoms with Gasteiger partial charge >= 0.3 is 0 Å². The fraction of sp³-hybridized carbons (Fsp3) is 0.333. The molecule has 1 aliphatic rings. The van der Waals surface area contributed by atoms with Crippen LogP contribution in [0.15, 0.2) is 16.6 Å². The number of azo groups is 1. The molecule has 11 heavy (non-hydrogen) atoms. The molecule has 5 heteroatoms. The fourth-order valence-corrected chi connectivity index (χ4v) is 1.01. The number of hydrogen-bond donors (Lipinski definition) is 1. The van der Waals surface area contributed by atoms with Crippen LogP contribution in [0, 0.1) is 0 Å². The van der Waals surface area contributed by atoms with Crippen LogP contribution in [0.2, 0.25) is 0 Å². The second-order valence-corrected chi connectivity index (χ2v) is 2.28. The lowest BCUT2D eigenvalue weighted by Gasteiger charge is -2.08. The summed E-state index contributed by atoms with van der Waals surface area (Å²) in [5, 5.41) is 7.68. The molecule has 2 rings (SSSR count). The van der Waals surface area contributed by atoms with Gasteiger partial charge in [-0.2, -0.15) is 10.2 Å². The molecular weight excluding hydrogens is 142 g/mol. The molecule has 2 N–H and O–H groups in total. The highest BCUT2D eigenvalue weighted by Crippen LogP contribution is 2.17. The van der Waals surface area contributed by atoms with Gasteiger partial charge in [-0.25, -0.2) is 9.97 Å². The Morgan fingerprint density at radius 1 is 1.18 bits per heavy atom. The molecule has 1 aromatic heterocycles. The van der Waals surface area contributed by atoms with E-state index in [2.05, 4.69) is 20.2 Å². The quantitative estimate of drug-likeness (QED) is 0.584. The van der Waals surface area contributed by atoms with E-state index < -0.39 is 0 Å². The van der Waals surface area contributed by atoms with Gasteiger partial charge in [-0.15, -0.1) is 0 Å². The van der Waals surface area contributed by atoms with E-state index in [4.69, 9.17) is 5.73 Å². The predicted octanol–water partition coefficient (Wildman–Crippen LogP) is 0.525. The van der Waals surface area contributed by atoms with Crippen LogP contribution in [0.1, 0.15) is 11.3 Å². The van der Waals surface area contributed by atoms with E-state index in [-0.39, 0.29) is 0 Å².